The van der Waals surface area contributed by atoms with E-state index in [-0.39, 0.29) is 18.6 Å². The fourth-order valence-electron chi connectivity index (χ4n) is 9.62. The highest BCUT2D eigenvalue weighted by Crippen LogP contribution is 2.44. The first-order valence-corrected chi connectivity index (χ1v) is 20.9. The van der Waals surface area contributed by atoms with Gasteiger partial charge in [0, 0.05) is 62.2 Å². The van der Waals surface area contributed by atoms with Crippen molar-refractivity contribution >= 4 is 17.8 Å². The van der Waals surface area contributed by atoms with Crippen molar-refractivity contribution in [2.75, 3.05) is 27.7 Å². The second-order valence-electron chi connectivity index (χ2n) is 17.6. The predicted octanol–water partition coefficient (Wildman–Crippen LogP) is 4.72. The number of ketones is 1. The van der Waals surface area contributed by atoms with Crippen LogP contribution in [0.2, 0.25) is 0 Å². The molecular weight excluding hydrogens is 746 g/mol. The zero-order valence-electron chi connectivity index (χ0n) is 36.2. The van der Waals surface area contributed by atoms with Gasteiger partial charge in [-0.05, 0) is 91.9 Å². The van der Waals surface area contributed by atoms with Crippen LogP contribution in [-0.2, 0) is 39.8 Å². The molecule has 2 aromatic rings. The van der Waals surface area contributed by atoms with E-state index < -0.39 is 89.5 Å². The fraction of sp³-hybridized carbons (Fsp3) is 0.744. The second-order valence-corrected chi connectivity index (χ2v) is 17.6. The molecule has 0 spiro atoms. The second kappa shape index (κ2) is 18.8. The van der Waals surface area contributed by atoms with Crippen molar-refractivity contribution in [3.05, 3.63) is 37.1 Å². The summed E-state index contributed by atoms with van der Waals surface area (Å²) >= 11 is 0. The first-order valence-electron chi connectivity index (χ1n) is 20.9. The number of cyclic esters (lactones) is 1. The minimum Gasteiger partial charge on any atom is -0.458 e. The number of carbonyl (C=O) groups excluding carboxylic acids is 3. The molecule has 3 aliphatic rings. The van der Waals surface area contributed by atoms with Crippen LogP contribution >= 0.6 is 0 Å². The van der Waals surface area contributed by atoms with E-state index in [1.165, 1.54) is 14.0 Å². The lowest BCUT2D eigenvalue weighted by molar-refractivity contribution is -0.296. The van der Waals surface area contributed by atoms with Crippen molar-refractivity contribution in [1.29, 1.82) is 0 Å². The molecule has 14 atom stereocenters. The number of methoxy groups -OCH3 is 1. The molecule has 5 heterocycles. The molecule has 3 aliphatic heterocycles. The van der Waals surface area contributed by atoms with Crippen molar-refractivity contribution in [2.45, 2.75) is 154 Å². The number of aliphatic hydroxyl groups is 2. The van der Waals surface area contributed by atoms with Crippen LogP contribution in [0.25, 0.3) is 11.3 Å². The van der Waals surface area contributed by atoms with E-state index in [4.69, 9.17) is 23.7 Å². The Morgan fingerprint density at radius 1 is 1.03 bits per heavy atom. The summed E-state index contributed by atoms with van der Waals surface area (Å²) in [7, 11) is 5.29. The van der Waals surface area contributed by atoms with E-state index in [0.717, 1.165) is 17.7 Å². The normalized spacial score (nSPS) is 38.0. The average Bonchev–Trinajstić information content (AvgIpc) is 3.78. The van der Waals surface area contributed by atoms with Gasteiger partial charge < -0.3 is 48.3 Å². The summed E-state index contributed by atoms with van der Waals surface area (Å²) < 4.78 is 33.4. The zero-order valence-corrected chi connectivity index (χ0v) is 36.2. The number of carbonyl (C=O) groups is 3. The van der Waals surface area contributed by atoms with Crippen LogP contribution in [0.4, 0.5) is 4.79 Å². The zero-order chi connectivity index (χ0) is 42.7. The molecule has 0 saturated carbocycles. The molecule has 0 aromatic carbocycles. The predicted molar refractivity (Wildman–Crippen MR) is 215 cm³/mol. The summed E-state index contributed by atoms with van der Waals surface area (Å²) in [6, 6.07) is 2.87. The molecule has 15 nitrogen and oxygen atoms in total. The van der Waals surface area contributed by atoms with Crippen LogP contribution in [0.5, 0.6) is 0 Å². The Bertz CT molecular complexity index is 1690. The number of Topliss-reactive ketones (excluding diaryl/α,β-unsaturated/α-hetero) is 1. The highest BCUT2D eigenvalue weighted by atomic mass is 16.7. The number of hydrogen-bond donors (Lipinski definition) is 2. The highest BCUT2D eigenvalue weighted by Gasteiger charge is 2.60. The van der Waals surface area contributed by atoms with Crippen LogP contribution in [0, 0.1) is 23.7 Å². The third-order valence-electron chi connectivity index (χ3n) is 13.0. The number of esters is 1. The number of aryl methyl sites for hydroxylation is 1. The largest absolute Gasteiger partial charge is 0.458 e. The SMILES string of the molecule is CC[C@H]1OC(=O)[C@H](C)C(=O)[C@H](C)[C@@H](O[C@@H]2O[C@H](C)C[C@H](N(C)C)[C@H]2O)[C@](C)(OC)C[C@@H](C)C(O)[C@H](C)[C@H]2N(CCCCn3cnc(-c4cccnc4)c3)C(=O)O[C@]12C. The van der Waals surface area contributed by atoms with E-state index in [0.29, 0.717) is 32.4 Å². The molecule has 3 fully saturated rings. The van der Waals surface area contributed by atoms with Gasteiger partial charge in [0.15, 0.2) is 17.7 Å². The van der Waals surface area contributed by atoms with Crippen LogP contribution < -0.4 is 0 Å². The molecule has 58 heavy (non-hydrogen) atoms. The number of rotatable bonds is 11. The number of ether oxygens (including phenoxy) is 5. The van der Waals surface area contributed by atoms with Gasteiger partial charge in [0.25, 0.3) is 0 Å². The number of nitrogens with zero attached hydrogens (tertiary/aromatic N) is 5. The standard InChI is InChI=1S/C43H67N5O10/c1-12-33-43(8)37(48(41(53)58-43)19-14-13-18-47-23-31(45-24-47)30-16-15-17-44-22-30)27(4)34(49)25(2)21-42(7,54-11)38(28(5)35(50)29(6)39(52)56-33)57-40-36(51)32(46(9)10)20-26(3)55-40/h15-17,22-29,32-34,36-38,40,49,51H,12-14,18-21H2,1-11H3/t25-,26-,27+,28+,29-,32+,33-,34?,36-,37-,38-,40+,42-,43-/m1/s1. The van der Waals surface area contributed by atoms with E-state index in [2.05, 4.69) is 9.97 Å². The molecule has 3 saturated heterocycles. The monoisotopic (exact) mass is 813 g/mol. The van der Waals surface area contributed by atoms with E-state index in [1.807, 2.05) is 76.5 Å². The number of likely N-dealkylation sites (N-methyl/N-ethyl adjacent to an activating group) is 1. The number of aliphatic hydroxyl groups excluding tert-OH is 2. The van der Waals surface area contributed by atoms with Gasteiger partial charge in [-0.2, -0.15) is 0 Å². The van der Waals surface area contributed by atoms with Gasteiger partial charge in [0.05, 0.1) is 42.0 Å². The summed E-state index contributed by atoms with van der Waals surface area (Å²) in [4.78, 5) is 54.5. The molecule has 1 amide bonds. The van der Waals surface area contributed by atoms with Crippen molar-refractivity contribution < 1.29 is 48.3 Å². The number of hydrogen-bond acceptors (Lipinski definition) is 13. The molecular formula is C43H67N5O10. The topological polar surface area (TPSA) is 175 Å². The lowest BCUT2D eigenvalue weighted by Crippen LogP contribution is -2.60. The quantitative estimate of drug-likeness (QED) is 0.181. The van der Waals surface area contributed by atoms with Gasteiger partial charge in [-0.1, -0.05) is 27.7 Å². The first kappa shape index (κ1) is 45.6. The third kappa shape index (κ3) is 9.44. The van der Waals surface area contributed by atoms with Gasteiger partial charge in [0.2, 0.25) is 0 Å². The molecule has 324 valence electrons. The molecule has 15 heteroatoms. The van der Waals surface area contributed by atoms with Crippen molar-refractivity contribution in [3.8, 4) is 11.3 Å². The van der Waals surface area contributed by atoms with Crippen molar-refractivity contribution in [1.82, 2.24) is 24.3 Å². The van der Waals surface area contributed by atoms with Gasteiger partial charge in [-0.25, -0.2) is 9.78 Å². The number of imidazole rings is 1. The van der Waals surface area contributed by atoms with E-state index in [9.17, 15) is 24.6 Å². The maximum absolute atomic E-state index is 14.3. The van der Waals surface area contributed by atoms with E-state index >= 15 is 0 Å². The Hall–Kier alpha value is -3.47. The van der Waals surface area contributed by atoms with Crippen LogP contribution in [0.15, 0.2) is 37.1 Å². The number of unbranched alkanes of at least 4 members (excludes halogenated alkanes) is 1. The van der Waals surface area contributed by atoms with Crippen LogP contribution in [0.3, 0.4) is 0 Å². The van der Waals surface area contributed by atoms with Crippen LogP contribution in [0.1, 0.15) is 87.5 Å². The molecule has 0 radical (unpaired) electrons. The minimum absolute atomic E-state index is 0.229. The Morgan fingerprint density at radius 2 is 1.74 bits per heavy atom. The first-order chi connectivity index (χ1) is 27.4. The molecule has 0 bridgehead atoms. The Kier molecular flexibility index (Phi) is 14.8. The summed E-state index contributed by atoms with van der Waals surface area (Å²) in [5.41, 5.74) is -0.798. The van der Waals surface area contributed by atoms with Gasteiger partial charge in [-0.15, -0.1) is 0 Å². The Labute approximate surface area is 343 Å². The molecule has 2 N–H and O–H groups in total. The Balaban J connectivity index is 1.43. The summed E-state index contributed by atoms with van der Waals surface area (Å²) in [5, 5.41) is 23.7. The summed E-state index contributed by atoms with van der Waals surface area (Å²) in [6.45, 7) is 15.3. The van der Waals surface area contributed by atoms with Crippen LogP contribution in [-0.4, -0.2) is 140 Å². The maximum Gasteiger partial charge on any atom is 0.410 e. The van der Waals surface area contributed by atoms with E-state index in [1.54, 1.807) is 37.5 Å². The Morgan fingerprint density at radius 3 is 2.38 bits per heavy atom. The number of amides is 1. The maximum atomic E-state index is 14.3. The summed E-state index contributed by atoms with van der Waals surface area (Å²) in [5.74, 6) is -4.32. The number of pyridine rings is 1. The average molecular weight is 814 g/mol. The molecule has 2 aromatic heterocycles. The molecule has 1 unspecified atom stereocenters. The summed E-state index contributed by atoms with van der Waals surface area (Å²) in [6.07, 6.45) is 3.86. The number of aromatic nitrogens is 3. The minimum atomic E-state index is -1.34. The lowest BCUT2D eigenvalue weighted by Gasteiger charge is -2.48. The highest BCUT2D eigenvalue weighted by molar-refractivity contribution is 6.00. The molecule has 5 rings (SSSR count). The van der Waals surface area contributed by atoms with Gasteiger partial charge >= 0.3 is 12.1 Å². The van der Waals surface area contributed by atoms with Crippen molar-refractivity contribution in [2.24, 2.45) is 23.7 Å². The van der Waals surface area contributed by atoms with Gasteiger partial charge in [-0.3, -0.25) is 14.6 Å². The fourth-order valence-corrected chi connectivity index (χ4v) is 9.62. The number of fused-ring (bicyclic) bond motifs is 1. The smallest absolute Gasteiger partial charge is 0.410 e. The lowest BCUT2D eigenvalue weighted by atomic mass is 9.72. The third-order valence-corrected chi connectivity index (χ3v) is 13.0. The van der Waals surface area contributed by atoms with Gasteiger partial charge in [0.1, 0.15) is 18.1 Å². The van der Waals surface area contributed by atoms with Crippen molar-refractivity contribution in [3.63, 3.8) is 0 Å². The molecule has 0 aliphatic carbocycles.